The summed E-state index contributed by atoms with van der Waals surface area (Å²) < 4.78 is 69.7. The van der Waals surface area contributed by atoms with Gasteiger partial charge >= 0.3 is 5.97 Å². The fourth-order valence-corrected chi connectivity index (χ4v) is 16.4. The van der Waals surface area contributed by atoms with Gasteiger partial charge in [0.15, 0.2) is 6.29 Å². The van der Waals surface area contributed by atoms with Crippen molar-refractivity contribution < 1.29 is 57.0 Å². The van der Waals surface area contributed by atoms with Crippen LogP contribution in [0.25, 0.3) is 20.9 Å². The van der Waals surface area contributed by atoms with Crippen LogP contribution in [0.3, 0.4) is 0 Å². The molecule has 1 N–H and O–H groups in total. The molecule has 92 heavy (non-hydrogen) atoms. The summed E-state index contributed by atoms with van der Waals surface area (Å²) in [5, 5.41) is 22.9. The lowest BCUT2D eigenvalue weighted by molar-refractivity contribution is -0.334. The van der Waals surface area contributed by atoms with Gasteiger partial charge in [0, 0.05) is 16.2 Å². The van der Waals surface area contributed by atoms with Crippen LogP contribution in [0.2, 0.25) is 5.04 Å². The Morgan fingerprint density at radius 3 is 1.48 bits per heavy atom. The van der Waals surface area contributed by atoms with Crippen LogP contribution in [0.4, 0.5) is 0 Å². The lowest BCUT2D eigenvalue weighted by atomic mass is 9.88. The third-order valence-corrected chi connectivity index (χ3v) is 21.5. The molecule has 2 saturated heterocycles. The van der Waals surface area contributed by atoms with Crippen LogP contribution in [-0.4, -0.2) is 99.5 Å². The Morgan fingerprint density at radius 1 is 0.576 bits per heavy atom. The molecular formula is C73H78N6O12Si. The molecule has 18 nitrogen and oxygen atoms in total. The van der Waals surface area contributed by atoms with E-state index in [0.717, 1.165) is 38.2 Å². The number of azide groups is 2. The van der Waals surface area contributed by atoms with Gasteiger partial charge in [-0.2, -0.15) is 0 Å². The van der Waals surface area contributed by atoms with Crippen LogP contribution in [0, 0.1) is 0 Å². The van der Waals surface area contributed by atoms with Crippen molar-refractivity contribution in [3.05, 3.63) is 297 Å². The molecule has 10 rings (SSSR count). The Hall–Kier alpha value is -8.33. The second kappa shape index (κ2) is 32.8. The van der Waals surface area contributed by atoms with E-state index in [2.05, 4.69) is 40.8 Å². The fourth-order valence-electron chi connectivity index (χ4n) is 11.9. The number of carbonyl (C=O) groups excluding carboxylic acids is 1. The highest BCUT2D eigenvalue weighted by Gasteiger charge is 2.60. The van der Waals surface area contributed by atoms with Gasteiger partial charge in [0.05, 0.1) is 64.5 Å². The van der Waals surface area contributed by atoms with Gasteiger partial charge in [0.25, 0.3) is 14.1 Å². The quantitative estimate of drug-likeness (QED) is 0.0146. The fraction of sp³-hybridized carbons (Fsp3) is 0.329. The maximum atomic E-state index is 15.9. The summed E-state index contributed by atoms with van der Waals surface area (Å²) in [6, 6.07) is 74.1. The minimum Gasteiger partial charge on any atom is -0.457 e. The van der Waals surface area contributed by atoms with Gasteiger partial charge in [-0.3, -0.25) is 0 Å². The van der Waals surface area contributed by atoms with Crippen LogP contribution >= 0.6 is 0 Å². The first-order chi connectivity index (χ1) is 45.0. The topological polar surface area (TPSA) is 227 Å². The highest BCUT2D eigenvalue weighted by molar-refractivity contribution is 6.99. The smallest absolute Gasteiger partial charge is 0.367 e. The first-order valence-electron chi connectivity index (χ1n) is 30.9. The van der Waals surface area contributed by atoms with E-state index in [9.17, 15) is 16.2 Å². The summed E-state index contributed by atoms with van der Waals surface area (Å²) in [5.41, 5.74) is 25.9. The van der Waals surface area contributed by atoms with Crippen LogP contribution in [-0.2, 0) is 91.5 Å². The molecule has 476 valence electrons. The molecule has 0 radical (unpaired) electrons. The van der Waals surface area contributed by atoms with Gasteiger partial charge in [-0.1, -0.05) is 274 Å². The third kappa shape index (κ3) is 17.0. The molecule has 2 aliphatic heterocycles. The zero-order chi connectivity index (χ0) is 64.0. The number of hydrogen-bond donors (Lipinski definition) is 1. The molecule has 0 aliphatic carbocycles. The number of rotatable bonds is 30. The highest BCUT2D eigenvalue weighted by Crippen LogP contribution is 2.43. The number of hydrogen-bond acceptors (Lipinski definition) is 14. The monoisotopic (exact) mass is 1260 g/mol. The van der Waals surface area contributed by atoms with Crippen molar-refractivity contribution in [3.8, 4) is 0 Å². The Balaban J connectivity index is 1.10. The number of benzene rings is 8. The lowest BCUT2D eigenvalue weighted by Gasteiger charge is -2.51. The third-order valence-electron chi connectivity index (χ3n) is 16.5. The Kier molecular flexibility index (Phi) is 23.7. The summed E-state index contributed by atoms with van der Waals surface area (Å²) in [6.07, 6.45) is -10.9. The molecule has 0 amide bonds. The van der Waals surface area contributed by atoms with Crippen molar-refractivity contribution >= 4 is 24.7 Å². The molecule has 0 saturated carbocycles. The number of nitrogens with zero attached hydrogens (tertiary/aromatic N) is 6. The lowest BCUT2D eigenvalue weighted by Crippen LogP contribution is -2.71. The zero-order valence-electron chi connectivity index (χ0n) is 51.9. The maximum Gasteiger partial charge on any atom is 0.367 e. The first kappa shape index (κ1) is 66.6. The predicted octanol–water partition coefficient (Wildman–Crippen LogP) is 12.8. The molecular weight excluding hydrogens is 1180 g/mol. The maximum absolute atomic E-state index is 15.9. The predicted molar refractivity (Wildman–Crippen MR) is 350 cm³/mol. The molecule has 11 atom stereocenters. The minimum atomic E-state index is -3.57. The zero-order valence-corrected chi connectivity index (χ0v) is 52.9. The average molecular weight is 1260 g/mol. The van der Waals surface area contributed by atoms with Crippen molar-refractivity contribution in [2.24, 2.45) is 10.2 Å². The van der Waals surface area contributed by atoms with Gasteiger partial charge in [0.1, 0.15) is 43.2 Å². The Bertz CT molecular complexity index is 3560. The molecule has 2 aliphatic rings. The van der Waals surface area contributed by atoms with E-state index < -0.39 is 99.2 Å². The summed E-state index contributed by atoms with van der Waals surface area (Å²) >= 11 is 0. The van der Waals surface area contributed by atoms with E-state index in [4.69, 9.17) is 47.1 Å². The van der Waals surface area contributed by atoms with Crippen molar-refractivity contribution in [2.75, 3.05) is 13.2 Å². The van der Waals surface area contributed by atoms with E-state index in [1.165, 1.54) is 0 Å². The van der Waals surface area contributed by atoms with E-state index in [1.807, 2.05) is 243 Å². The molecule has 2 fully saturated rings. The van der Waals surface area contributed by atoms with E-state index >= 15 is 4.79 Å². The van der Waals surface area contributed by atoms with Gasteiger partial charge in [-0.15, -0.1) is 0 Å². The molecule has 0 spiro atoms. The number of aliphatic hydroxyl groups is 1. The van der Waals surface area contributed by atoms with Gasteiger partial charge in [0.2, 0.25) is 0 Å². The summed E-state index contributed by atoms with van der Waals surface area (Å²) in [4.78, 5) is 22.6. The Labute approximate surface area is 538 Å². The molecule has 8 aromatic rings. The normalized spacial score (nSPS) is 22.2. The second-order valence-electron chi connectivity index (χ2n) is 23.8. The van der Waals surface area contributed by atoms with E-state index in [0.29, 0.717) is 5.56 Å². The number of ether oxygens (including phenoxy) is 9. The van der Waals surface area contributed by atoms with E-state index in [-0.39, 0.29) is 46.2 Å². The Morgan fingerprint density at radius 2 is 1.00 bits per heavy atom. The molecule has 8 aromatic carbocycles. The van der Waals surface area contributed by atoms with Crippen molar-refractivity contribution in [1.82, 2.24) is 0 Å². The summed E-state index contributed by atoms with van der Waals surface area (Å²) in [7, 11) is -3.57. The van der Waals surface area contributed by atoms with Gasteiger partial charge < -0.3 is 52.2 Å². The molecule has 0 unspecified atom stereocenters. The van der Waals surface area contributed by atoms with Crippen LogP contribution in [0.15, 0.2) is 253 Å². The SMILES string of the molecule is CC(C)(C)[Si](O[C@@H]1O[C@H](CO[C@]2(C(=O)OCc3ccccc3)C[C@H](OCc3ccccc3)[C@@H](N=[N+]=[N-])[C@H]([C@H](OCc3ccccc3)[C@@H](COCc3ccccc3)OCc3ccccc3)O2)[C@H](O)[C@H](OCc2ccccc2)[C@H]1N=[N+]=[N-])(c1ccccc1)c1ccccc1. The summed E-state index contributed by atoms with van der Waals surface area (Å²) in [5.74, 6) is -3.44. The number of carbonyl (C=O) groups is 1. The largest absolute Gasteiger partial charge is 0.457 e. The van der Waals surface area contributed by atoms with Gasteiger partial charge in [-0.25, -0.2) is 4.79 Å². The number of esters is 1. The number of aliphatic hydroxyl groups excluding tert-OH is 1. The van der Waals surface area contributed by atoms with Crippen LogP contribution < -0.4 is 10.4 Å². The highest BCUT2D eigenvalue weighted by atomic mass is 28.4. The summed E-state index contributed by atoms with van der Waals surface area (Å²) in [6.45, 7) is 5.74. The van der Waals surface area contributed by atoms with Gasteiger partial charge in [-0.05, 0) is 59.9 Å². The van der Waals surface area contributed by atoms with Crippen molar-refractivity contribution in [1.29, 1.82) is 0 Å². The van der Waals surface area contributed by atoms with E-state index in [1.54, 1.807) is 0 Å². The molecule has 0 aromatic heterocycles. The average Bonchev–Trinajstić information content (AvgIpc) is 0.746. The second-order valence-corrected chi connectivity index (χ2v) is 28.1. The van der Waals surface area contributed by atoms with Crippen molar-refractivity contribution in [3.63, 3.8) is 0 Å². The minimum absolute atomic E-state index is 0.00141. The van der Waals surface area contributed by atoms with Crippen LogP contribution in [0.5, 0.6) is 0 Å². The molecule has 0 bridgehead atoms. The van der Waals surface area contributed by atoms with Crippen molar-refractivity contribution in [2.45, 2.75) is 139 Å². The molecule has 19 heteroatoms. The van der Waals surface area contributed by atoms with Crippen LogP contribution in [0.1, 0.15) is 60.6 Å². The first-order valence-corrected chi connectivity index (χ1v) is 32.9. The molecule has 2 heterocycles. The standard InChI is InChI=1S/C73H78N6O12Si/c1-72(2,3)92(59-40-24-10-25-41-59,60-42-26-11-27-43-60)91-70-65(77-79-75)68(86-49-57-36-20-8-21-37-57)66(80)62(89-70)52-88-73(71(81)87-50-58-38-22-9-23-39-58)44-61(83-46-54-30-14-5-15-31-54)64(76-78-74)69(90-73)67(85-48-56-34-18-7-19-35-56)63(84-47-55-32-16-6-17-33-55)51-82-45-53-28-12-4-13-29-53/h4-43,61-70,80H,44-52H2,1-3H3/t61-,62+,63+,64+,65+,66-,67+,68+,69+,70-,73+/m0/s1.